The second-order valence-corrected chi connectivity index (χ2v) is 6.65. The number of nitrogens with zero attached hydrogens (tertiary/aromatic N) is 1. The molecule has 0 radical (unpaired) electrons. The van der Waals surface area contributed by atoms with E-state index >= 15 is 0 Å². The molecule has 3 N–H and O–H groups in total. The van der Waals surface area contributed by atoms with Crippen LogP contribution in [0.25, 0.3) is 0 Å². The Kier molecular flexibility index (Phi) is 6.17. The van der Waals surface area contributed by atoms with E-state index in [1.54, 1.807) is 45.0 Å². The van der Waals surface area contributed by atoms with Gasteiger partial charge >= 0.3 is 5.97 Å². The Morgan fingerprint density at radius 1 is 1.40 bits per heavy atom. The number of nitrogen functional groups attached to an aromatic ring is 1. The van der Waals surface area contributed by atoms with E-state index in [-0.39, 0.29) is 12.5 Å². The first-order chi connectivity index (χ1) is 11.8. The first-order valence-corrected chi connectivity index (χ1v) is 8.71. The van der Waals surface area contributed by atoms with E-state index in [1.807, 2.05) is 0 Å². The molecule has 1 aromatic carbocycles. The number of benzene rings is 1. The molecule has 0 fully saturated rings. The number of thiophene rings is 1. The summed E-state index contributed by atoms with van der Waals surface area (Å²) in [6.07, 6.45) is 0. The highest BCUT2D eigenvalue weighted by Crippen LogP contribution is 2.31. The normalized spacial score (nSPS) is 11.3. The van der Waals surface area contributed by atoms with Crippen LogP contribution >= 0.6 is 22.9 Å². The molecule has 0 aliphatic heterocycles. The quantitative estimate of drug-likeness (QED) is 0.471. The number of halogens is 1. The van der Waals surface area contributed by atoms with Crippen LogP contribution in [0, 0.1) is 6.92 Å². The van der Waals surface area contributed by atoms with Gasteiger partial charge in [-0.05, 0) is 44.5 Å². The number of carbonyl (C=O) groups is 2. The Morgan fingerprint density at radius 2 is 2.12 bits per heavy atom. The summed E-state index contributed by atoms with van der Waals surface area (Å²) in [5, 5.41) is 4.93. The summed E-state index contributed by atoms with van der Waals surface area (Å²) in [4.78, 5) is 24.8. The zero-order chi connectivity index (χ0) is 18.6. The Labute approximate surface area is 154 Å². The van der Waals surface area contributed by atoms with E-state index in [9.17, 15) is 9.59 Å². The van der Waals surface area contributed by atoms with Crippen molar-refractivity contribution in [1.29, 1.82) is 0 Å². The van der Waals surface area contributed by atoms with Crippen LogP contribution in [0.4, 0.5) is 5.00 Å². The molecule has 8 heteroatoms. The number of nitrogens with one attached hydrogen (secondary N) is 1. The van der Waals surface area contributed by atoms with Crippen LogP contribution in [0.5, 0.6) is 0 Å². The van der Waals surface area contributed by atoms with Crippen molar-refractivity contribution in [2.24, 2.45) is 5.10 Å². The monoisotopic (exact) mass is 379 g/mol. The third kappa shape index (κ3) is 4.37. The molecule has 0 bridgehead atoms. The highest BCUT2D eigenvalue weighted by molar-refractivity contribution is 7.18. The second-order valence-electron chi connectivity index (χ2n) is 5.16. The lowest BCUT2D eigenvalue weighted by Gasteiger charge is -2.04. The molecule has 132 valence electrons. The van der Waals surface area contributed by atoms with Crippen LogP contribution in [-0.4, -0.2) is 24.2 Å². The Hall–Kier alpha value is -2.38. The average Bonchev–Trinajstić information content (AvgIpc) is 2.87. The minimum absolute atomic E-state index is 0.270. The van der Waals surface area contributed by atoms with Crippen molar-refractivity contribution in [3.63, 3.8) is 0 Å². The van der Waals surface area contributed by atoms with Gasteiger partial charge in [0.05, 0.1) is 22.8 Å². The van der Waals surface area contributed by atoms with Crippen molar-refractivity contribution in [2.75, 3.05) is 12.3 Å². The smallest absolute Gasteiger partial charge is 0.341 e. The lowest BCUT2D eigenvalue weighted by Crippen LogP contribution is -2.19. The largest absolute Gasteiger partial charge is 0.462 e. The van der Waals surface area contributed by atoms with Gasteiger partial charge in [-0.25, -0.2) is 10.2 Å². The number of amides is 1. The number of hydrogen-bond acceptors (Lipinski definition) is 6. The molecule has 0 aliphatic carbocycles. The predicted octanol–water partition coefficient (Wildman–Crippen LogP) is 3.62. The molecule has 2 rings (SSSR count). The van der Waals surface area contributed by atoms with E-state index in [2.05, 4.69) is 10.5 Å². The van der Waals surface area contributed by atoms with Gasteiger partial charge in [-0.1, -0.05) is 17.7 Å². The molecule has 0 saturated heterocycles. The maximum Gasteiger partial charge on any atom is 0.341 e. The van der Waals surface area contributed by atoms with Crippen LogP contribution in [0.3, 0.4) is 0 Å². The molecule has 0 saturated carbocycles. The van der Waals surface area contributed by atoms with Crippen LogP contribution in [-0.2, 0) is 4.74 Å². The zero-order valence-electron chi connectivity index (χ0n) is 14.1. The molecule has 0 spiro atoms. The summed E-state index contributed by atoms with van der Waals surface area (Å²) in [5.41, 5.74) is 10.4. The van der Waals surface area contributed by atoms with Crippen LogP contribution in [0.15, 0.2) is 29.4 Å². The van der Waals surface area contributed by atoms with Crippen LogP contribution in [0.2, 0.25) is 5.02 Å². The minimum Gasteiger partial charge on any atom is -0.462 e. The van der Waals surface area contributed by atoms with E-state index in [4.69, 9.17) is 22.1 Å². The first-order valence-electron chi connectivity index (χ1n) is 7.51. The molecule has 0 atom stereocenters. The lowest BCUT2D eigenvalue weighted by atomic mass is 10.1. The third-order valence-corrected chi connectivity index (χ3v) is 4.86. The van der Waals surface area contributed by atoms with E-state index in [1.165, 1.54) is 11.3 Å². The molecule has 1 amide bonds. The van der Waals surface area contributed by atoms with E-state index in [0.29, 0.717) is 37.3 Å². The number of carbonyl (C=O) groups excluding carboxylic acids is 2. The molecule has 6 nitrogen and oxygen atoms in total. The van der Waals surface area contributed by atoms with Gasteiger partial charge in [0, 0.05) is 10.6 Å². The second kappa shape index (κ2) is 8.13. The average molecular weight is 380 g/mol. The molecule has 1 aromatic heterocycles. The van der Waals surface area contributed by atoms with Crippen LogP contribution < -0.4 is 11.2 Å². The number of hydrazone groups is 1. The predicted molar refractivity (Wildman–Crippen MR) is 101 cm³/mol. The molecule has 0 aliphatic rings. The number of esters is 1. The maximum absolute atomic E-state index is 12.1. The van der Waals surface area contributed by atoms with Gasteiger partial charge in [0.15, 0.2) is 0 Å². The van der Waals surface area contributed by atoms with Crippen molar-refractivity contribution in [3.05, 3.63) is 50.9 Å². The Bertz CT molecular complexity index is 846. The molecular formula is C17H18ClN3O3S. The van der Waals surface area contributed by atoms with Crippen molar-refractivity contribution in [1.82, 2.24) is 5.43 Å². The minimum atomic E-state index is -0.462. The summed E-state index contributed by atoms with van der Waals surface area (Å²) in [6.45, 7) is 5.50. The van der Waals surface area contributed by atoms with Gasteiger partial charge in [0.1, 0.15) is 5.00 Å². The Balaban J connectivity index is 2.21. The lowest BCUT2D eigenvalue weighted by molar-refractivity contribution is 0.0527. The zero-order valence-corrected chi connectivity index (χ0v) is 15.6. The van der Waals surface area contributed by atoms with Gasteiger partial charge < -0.3 is 10.5 Å². The number of nitrogens with two attached hydrogens (primary N) is 1. The van der Waals surface area contributed by atoms with Crippen molar-refractivity contribution in [3.8, 4) is 0 Å². The molecule has 25 heavy (non-hydrogen) atoms. The SMILES string of the molecule is CCOC(=O)c1c(N)sc(C(C)=NNC(=O)c2cccc(Cl)c2)c1C. The fourth-order valence-electron chi connectivity index (χ4n) is 2.22. The number of hydrogen-bond donors (Lipinski definition) is 2. The fraction of sp³-hybridized carbons (Fsp3) is 0.235. The summed E-state index contributed by atoms with van der Waals surface area (Å²) < 4.78 is 5.02. The molecule has 2 aromatic rings. The highest BCUT2D eigenvalue weighted by atomic mass is 35.5. The topological polar surface area (TPSA) is 93.8 Å². The van der Waals surface area contributed by atoms with Crippen molar-refractivity contribution in [2.45, 2.75) is 20.8 Å². The van der Waals surface area contributed by atoms with Gasteiger partial charge in [-0.2, -0.15) is 5.10 Å². The maximum atomic E-state index is 12.1. The number of ether oxygens (including phenoxy) is 1. The molecular weight excluding hydrogens is 362 g/mol. The van der Waals surface area contributed by atoms with Crippen LogP contribution in [0.1, 0.15) is 45.0 Å². The first kappa shape index (κ1) is 19.0. The van der Waals surface area contributed by atoms with Gasteiger partial charge in [-0.3, -0.25) is 4.79 Å². The van der Waals surface area contributed by atoms with Gasteiger partial charge in [-0.15, -0.1) is 11.3 Å². The van der Waals surface area contributed by atoms with E-state index < -0.39 is 5.97 Å². The van der Waals surface area contributed by atoms with Crippen molar-refractivity contribution < 1.29 is 14.3 Å². The number of rotatable bonds is 5. The fourth-order valence-corrected chi connectivity index (χ4v) is 3.41. The summed E-state index contributed by atoms with van der Waals surface area (Å²) in [5.74, 6) is -0.842. The molecule has 1 heterocycles. The van der Waals surface area contributed by atoms with Gasteiger partial charge in [0.25, 0.3) is 5.91 Å². The van der Waals surface area contributed by atoms with Gasteiger partial charge in [0.2, 0.25) is 0 Å². The van der Waals surface area contributed by atoms with E-state index in [0.717, 1.165) is 0 Å². The highest BCUT2D eigenvalue weighted by Gasteiger charge is 2.21. The summed E-state index contributed by atoms with van der Waals surface area (Å²) in [6, 6.07) is 6.55. The Morgan fingerprint density at radius 3 is 2.76 bits per heavy atom. The summed E-state index contributed by atoms with van der Waals surface area (Å²) in [7, 11) is 0. The van der Waals surface area contributed by atoms with Crippen molar-refractivity contribution >= 4 is 45.5 Å². The number of anilines is 1. The molecule has 0 unspecified atom stereocenters. The summed E-state index contributed by atoms with van der Waals surface area (Å²) >= 11 is 7.10. The standard InChI is InChI=1S/C17H18ClN3O3S/c1-4-24-17(23)13-9(2)14(25-15(13)19)10(3)20-21-16(22)11-6-5-7-12(18)8-11/h5-8H,4,19H2,1-3H3,(H,21,22). The third-order valence-electron chi connectivity index (χ3n) is 3.39.